The van der Waals surface area contributed by atoms with Crippen LogP contribution in [-0.4, -0.2) is 5.11 Å². The standard InChI is InChI=1S/C30H54O/c1-4-7-10-13-15-17-20-24-27(23-19-16-14-11-8-5-2)30-28(22-18-12-9-6-3)25-21-26-29(30)31/h21,25-27,31H,4-20,22-24H2,1-3H3. The van der Waals surface area contributed by atoms with Crippen molar-refractivity contribution >= 4 is 0 Å². The quantitative estimate of drug-likeness (QED) is 0.192. The van der Waals surface area contributed by atoms with Crippen molar-refractivity contribution in [1.29, 1.82) is 0 Å². The van der Waals surface area contributed by atoms with Crippen molar-refractivity contribution in [2.45, 2.75) is 155 Å². The lowest BCUT2D eigenvalue weighted by Gasteiger charge is -2.22. The molecule has 1 nitrogen and oxygen atoms in total. The summed E-state index contributed by atoms with van der Waals surface area (Å²) in [5.41, 5.74) is 2.73. The minimum absolute atomic E-state index is 0.546. The summed E-state index contributed by atoms with van der Waals surface area (Å²) in [5, 5.41) is 10.8. The summed E-state index contributed by atoms with van der Waals surface area (Å²) >= 11 is 0. The first kappa shape index (κ1) is 28.1. The van der Waals surface area contributed by atoms with Gasteiger partial charge in [-0.15, -0.1) is 0 Å². The number of aromatic hydroxyl groups is 1. The van der Waals surface area contributed by atoms with Crippen LogP contribution in [0.15, 0.2) is 18.2 Å². The number of rotatable bonds is 21. The van der Waals surface area contributed by atoms with Crippen molar-refractivity contribution in [1.82, 2.24) is 0 Å². The average Bonchev–Trinajstić information content (AvgIpc) is 2.77. The third-order valence-corrected chi connectivity index (χ3v) is 6.94. The van der Waals surface area contributed by atoms with E-state index in [0.717, 1.165) is 6.42 Å². The predicted octanol–water partition coefficient (Wildman–Crippen LogP) is 10.5. The highest BCUT2D eigenvalue weighted by Gasteiger charge is 2.19. The van der Waals surface area contributed by atoms with Crippen LogP contribution < -0.4 is 0 Å². The summed E-state index contributed by atoms with van der Waals surface area (Å²) < 4.78 is 0. The Morgan fingerprint density at radius 3 is 1.55 bits per heavy atom. The van der Waals surface area contributed by atoms with E-state index in [1.165, 1.54) is 133 Å². The minimum atomic E-state index is 0.546. The third-order valence-electron chi connectivity index (χ3n) is 6.94. The van der Waals surface area contributed by atoms with Crippen LogP contribution in [0, 0.1) is 0 Å². The molecule has 1 heteroatoms. The molecule has 0 amide bonds. The molecule has 0 aliphatic rings. The van der Waals surface area contributed by atoms with E-state index in [-0.39, 0.29) is 0 Å². The second kappa shape index (κ2) is 19.7. The summed E-state index contributed by atoms with van der Waals surface area (Å²) in [4.78, 5) is 0. The molecule has 0 fully saturated rings. The van der Waals surface area contributed by atoms with Crippen LogP contribution in [-0.2, 0) is 6.42 Å². The second-order valence-electron chi connectivity index (χ2n) is 9.82. The molecule has 31 heavy (non-hydrogen) atoms. The number of hydrogen-bond acceptors (Lipinski definition) is 1. The number of phenols is 1. The SMILES string of the molecule is CCCCCCCCCC(CCCCCCCC)c1c(O)cccc1CCCCCC. The van der Waals surface area contributed by atoms with Gasteiger partial charge < -0.3 is 5.11 Å². The summed E-state index contributed by atoms with van der Waals surface area (Å²) in [6.45, 7) is 6.86. The fourth-order valence-corrected chi connectivity index (χ4v) is 4.98. The first-order valence-electron chi connectivity index (χ1n) is 14.0. The van der Waals surface area contributed by atoms with Crippen molar-refractivity contribution in [3.8, 4) is 5.75 Å². The number of unbranched alkanes of at least 4 members (excludes halogenated alkanes) is 14. The molecule has 0 saturated carbocycles. The molecule has 0 spiro atoms. The fourth-order valence-electron chi connectivity index (χ4n) is 4.98. The molecule has 1 aromatic carbocycles. The first-order valence-corrected chi connectivity index (χ1v) is 14.0. The van der Waals surface area contributed by atoms with Crippen LogP contribution in [0.25, 0.3) is 0 Å². The van der Waals surface area contributed by atoms with E-state index in [1.54, 1.807) is 0 Å². The Balaban J connectivity index is 2.67. The topological polar surface area (TPSA) is 20.2 Å². The summed E-state index contributed by atoms with van der Waals surface area (Å²) in [7, 11) is 0. The summed E-state index contributed by atoms with van der Waals surface area (Å²) in [6, 6.07) is 6.29. The highest BCUT2D eigenvalue weighted by atomic mass is 16.3. The fraction of sp³-hybridized carbons (Fsp3) is 0.800. The van der Waals surface area contributed by atoms with E-state index < -0.39 is 0 Å². The van der Waals surface area contributed by atoms with Gasteiger partial charge in [0.15, 0.2) is 0 Å². The molecule has 1 rings (SSSR count). The Labute approximate surface area is 195 Å². The van der Waals surface area contributed by atoms with Gasteiger partial charge in [0.2, 0.25) is 0 Å². The maximum atomic E-state index is 10.8. The monoisotopic (exact) mass is 430 g/mol. The molecule has 0 heterocycles. The van der Waals surface area contributed by atoms with Gasteiger partial charge in [-0.05, 0) is 43.2 Å². The maximum Gasteiger partial charge on any atom is 0.119 e. The van der Waals surface area contributed by atoms with Crippen LogP contribution in [0.4, 0.5) is 0 Å². The third kappa shape index (κ3) is 13.2. The highest BCUT2D eigenvalue weighted by Crippen LogP contribution is 2.37. The maximum absolute atomic E-state index is 10.8. The summed E-state index contributed by atoms with van der Waals surface area (Å²) in [5.74, 6) is 1.11. The molecule has 0 bridgehead atoms. The number of aryl methyl sites for hydroxylation is 1. The molecule has 1 N–H and O–H groups in total. The molecule has 1 atom stereocenters. The minimum Gasteiger partial charge on any atom is -0.508 e. The molecule has 0 aliphatic heterocycles. The van der Waals surface area contributed by atoms with E-state index in [4.69, 9.17) is 0 Å². The normalized spacial score (nSPS) is 12.4. The van der Waals surface area contributed by atoms with Crippen LogP contribution in [0.5, 0.6) is 5.75 Å². The molecule has 0 aromatic heterocycles. The molecule has 0 saturated heterocycles. The van der Waals surface area contributed by atoms with Gasteiger partial charge in [0.05, 0.1) is 0 Å². The average molecular weight is 431 g/mol. The van der Waals surface area contributed by atoms with Crippen LogP contribution in [0.2, 0.25) is 0 Å². The first-order chi connectivity index (χ1) is 15.2. The zero-order valence-electron chi connectivity index (χ0n) is 21.4. The van der Waals surface area contributed by atoms with E-state index in [1.807, 2.05) is 6.07 Å². The van der Waals surface area contributed by atoms with Gasteiger partial charge in [0.1, 0.15) is 5.75 Å². The Morgan fingerprint density at radius 2 is 1.03 bits per heavy atom. The van der Waals surface area contributed by atoms with Crippen LogP contribution >= 0.6 is 0 Å². The van der Waals surface area contributed by atoms with Gasteiger partial charge in [0, 0.05) is 5.56 Å². The van der Waals surface area contributed by atoms with Gasteiger partial charge in [-0.2, -0.15) is 0 Å². The van der Waals surface area contributed by atoms with Crippen LogP contribution in [0.3, 0.4) is 0 Å². The van der Waals surface area contributed by atoms with E-state index in [9.17, 15) is 5.11 Å². The van der Waals surface area contributed by atoms with Crippen molar-refractivity contribution in [3.05, 3.63) is 29.3 Å². The molecular formula is C30H54O. The molecule has 1 aromatic rings. The lowest BCUT2D eigenvalue weighted by atomic mass is 9.83. The van der Waals surface area contributed by atoms with Crippen LogP contribution in [0.1, 0.15) is 160 Å². The molecule has 0 radical (unpaired) electrons. The Kier molecular flexibility index (Phi) is 17.8. The number of benzene rings is 1. The van der Waals surface area contributed by atoms with Gasteiger partial charge in [0.25, 0.3) is 0 Å². The van der Waals surface area contributed by atoms with E-state index >= 15 is 0 Å². The van der Waals surface area contributed by atoms with Crippen molar-refractivity contribution in [2.75, 3.05) is 0 Å². The predicted molar refractivity (Wildman–Crippen MR) is 139 cm³/mol. The lowest BCUT2D eigenvalue weighted by molar-refractivity contribution is 0.435. The number of hydrogen-bond donors (Lipinski definition) is 1. The smallest absolute Gasteiger partial charge is 0.119 e. The van der Waals surface area contributed by atoms with Gasteiger partial charge in [-0.1, -0.05) is 136 Å². The Morgan fingerprint density at radius 1 is 0.581 bits per heavy atom. The largest absolute Gasteiger partial charge is 0.508 e. The number of phenolic OH excluding ortho intramolecular Hbond substituents is 1. The lowest BCUT2D eigenvalue weighted by Crippen LogP contribution is -2.05. The molecule has 0 aliphatic carbocycles. The van der Waals surface area contributed by atoms with Crippen molar-refractivity contribution in [2.24, 2.45) is 0 Å². The zero-order chi connectivity index (χ0) is 22.6. The molecule has 1 unspecified atom stereocenters. The molecular weight excluding hydrogens is 376 g/mol. The van der Waals surface area contributed by atoms with Gasteiger partial charge in [-0.3, -0.25) is 0 Å². The second-order valence-corrected chi connectivity index (χ2v) is 9.82. The van der Waals surface area contributed by atoms with Crippen molar-refractivity contribution in [3.63, 3.8) is 0 Å². The Hall–Kier alpha value is -0.980. The highest BCUT2D eigenvalue weighted by molar-refractivity contribution is 5.42. The van der Waals surface area contributed by atoms with E-state index in [0.29, 0.717) is 11.7 Å². The zero-order valence-corrected chi connectivity index (χ0v) is 21.4. The summed E-state index contributed by atoms with van der Waals surface area (Å²) in [6.07, 6.45) is 26.5. The van der Waals surface area contributed by atoms with Gasteiger partial charge in [-0.25, -0.2) is 0 Å². The molecule has 180 valence electrons. The Bertz CT molecular complexity index is 521. The van der Waals surface area contributed by atoms with Crippen molar-refractivity contribution < 1.29 is 5.11 Å². The van der Waals surface area contributed by atoms with E-state index in [2.05, 4.69) is 32.9 Å². The van der Waals surface area contributed by atoms with Gasteiger partial charge >= 0.3 is 0 Å².